The van der Waals surface area contributed by atoms with E-state index in [1.165, 1.54) is 19.3 Å². The number of nitrogens with zero attached hydrogens (tertiary/aromatic N) is 2. The van der Waals surface area contributed by atoms with Crippen LogP contribution in [-0.4, -0.2) is 31.1 Å². The van der Waals surface area contributed by atoms with Crippen molar-refractivity contribution in [2.75, 3.05) is 20.2 Å². The van der Waals surface area contributed by atoms with E-state index in [1.807, 2.05) is 18.3 Å². The molecule has 124 valence electrons. The highest BCUT2D eigenvalue weighted by atomic mass is 127. The summed E-state index contributed by atoms with van der Waals surface area (Å²) < 4.78 is 5.63. The number of ether oxygens (including phenoxy) is 1. The third-order valence-electron chi connectivity index (χ3n) is 3.47. The second-order valence-electron chi connectivity index (χ2n) is 5.47. The van der Waals surface area contributed by atoms with Crippen LogP contribution in [0.1, 0.15) is 38.2 Å². The zero-order chi connectivity index (χ0) is 14.9. The topological polar surface area (TPSA) is 58.5 Å². The van der Waals surface area contributed by atoms with E-state index in [-0.39, 0.29) is 24.0 Å². The molecular formula is C16H27IN4O. The molecule has 1 aromatic rings. The normalized spacial score (nSPS) is 14.2. The minimum atomic E-state index is 0. The Hall–Kier alpha value is -1.05. The van der Waals surface area contributed by atoms with E-state index in [2.05, 4.69) is 27.5 Å². The lowest BCUT2D eigenvalue weighted by molar-refractivity contribution is 0.288. The quantitative estimate of drug-likeness (QED) is 0.295. The first kappa shape index (κ1) is 19.0. The summed E-state index contributed by atoms with van der Waals surface area (Å²) in [6.45, 7) is 4.64. The fraction of sp³-hybridized carbons (Fsp3) is 0.625. The van der Waals surface area contributed by atoms with Crippen molar-refractivity contribution in [1.29, 1.82) is 0 Å². The number of hydrogen-bond acceptors (Lipinski definition) is 3. The molecule has 22 heavy (non-hydrogen) atoms. The molecule has 0 aliphatic heterocycles. The Kier molecular flexibility index (Phi) is 9.19. The van der Waals surface area contributed by atoms with Crippen molar-refractivity contribution in [3.05, 3.63) is 23.9 Å². The van der Waals surface area contributed by atoms with Gasteiger partial charge in [0.25, 0.3) is 0 Å². The van der Waals surface area contributed by atoms with Gasteiger partial charge < -0.3 is 15.4 Å². The van der Waals surface area contributed by atoms with E-state index in [0.29, 0.717) is 6.54 Å². The van der Waals surface area contributed by atoms with Crippen LogP contribution >= 0.6 is 24.0 Å². The van der Waals surface area contributed by atoms with Gasteiger partial charge in [0, 0.05) is 32.4 Å². The molecule has 1 aliphatic carbocycles. The number of hydrogen-bond donors (Lipinski definition) is 2. The van der Waals surface area contributed by atoms with Gasteiger partial charge in [-0.1, -0.05) is 19.4 Å². The highest BCUT2D eigenvalue weighted by Gasteiger charge is 2.21. The Morgan fingerprint density at radius 3 is 2.77 bits per heavy atom. The van der Waals surface area contributed by atoms with E-state index in [0.717, 1.165) is 42.9 Å². The van der Waals surface area contributed by atoms with Gasteiger partial charge in [-0.05, 0) is 30.7 Å². The maximum atomic E-state index is 5.63. The molecule has 6 heteroatoms. The van der Waals surface area contributed by atoms with E-state index in [4.69, 9.17) is 4.74 Å². The SMILES string of the molecule is CCCCNC(=NC)NCc1ccc(OCC2CC2)nc1.I. The van der Waals surface area contributed by atoms with Crippen LogP contribution in [0.5, 0.6) is 5.88 Å². The van der Waals surface area contributed by atoms with Crippen molar-refractivity contribution in [2.45, 2.75) is 39.2 Å². The van der Waals surface area contributed by atoms with Crippen LogP contribution in [0.4, 0.5) is 0 Å². The molecule has 0 aromatic carbocycles. The monoisotopic (exact) mass is 418 g/mol. The molecule has 1 saturated carbocycles. The lowest BCUT2D eigenvalue weighted by atomic mass is 10.3. The van der Waals surface area contributed by atoms with Crippen molar-refractivity contribution in [3.63, 3.8) is 0 Å². The first-order chi connectivity index (χ1) is 10.3. The average Bonchev–Trinajstić information content (AvgIpc) is 3.34. The number of unbranched alkanes of at least 4 members (excludes halogenated alkanes) is 1. The molecule has 0 unspecified atom stereocenters. The van der Waals surface area contributed by atoms with Gasteiger partial charge in [0.2, 0.25) is 5.88 Å². The number of halogens is 1. The van der Waals surface area contributed by atoms with E-state index in [1.54, 1.807) is 7.05 Å². The van der Waals surface area contributed by atoms with Crippen molar-refractivity contribution < 1.29 is 4.74 Å². The van der Waals surface area contributed by atoms with Crippen molar-refractivity contribution >= 4 is 29.9 Å². The van der Waals surface area contributed by atoms with Crippen LogP contribution in [0.3, 0.4) is 0 Å². The molecule has 0 amide bonds. The number of rotatable bonds is 8. The Morgan fingerprint density at radius 1 is 1.36 bits per heavy atom. The Balaban J connectivity index is 0.00000242. The first-order valence-electron chi connectivity index (χ1n) is 7.84. The van der Waals surface area contributed by atoms with E-state index in [9.17, 15) is 0 Å². The smallest absolute Gasteiger partial charge is 0.213 e. The summed E-state index contributed by atoms with van der Waals surface area (Å²) in [6, 6.07) is 3.98. The molecule has 1 aliphatic rings. The molecule has 1 heterocycles. The number of guanidine groups is 1. The minimum Gasteiger partial charge on any atom is -0.477 e. The maximum absolute atomic E-state index is 5.63. The minimum absolute atomic E-state index is 0. The fourth-order valence-corrected chi connectivity index (χ4v) is 1.88. The van der Waals surface area contributed by atoms with Crippen molar-refractivity contribution in [2.24, 2.45) is 10.9 Å². The van der Waals surface area contributed by atoms with Gasteiger partial charge in [0.05, 0.1) is 6.61 Å². The number of aliphatic imine (C=N–C) groups is 1. The lowest BCUT2D eigenvalue weighted by Gasteiger charge is -2.11. The predicted octanol–water partition coefficient (Wildman–Crippen LogP) is 2.95. The Morgan fingerprint density at radius 2 is 2.18 bits per heavy atom. The van der Waals surface area contributed by atoms with Crippen molar-refractivity contribution in [1.82, 2.24) is 15.6 Å². The number of aromatic nitrogens is 1. The summed E-state index contributed by atoms with van der Waals surface area (Å²) in [5, 5.41) is 6.57. The Labute approximate surface area is 150 Å². The van der Waals surface area contributed by atoms with Crippen LogP contribution in [-0.2, 0) is 6.54 Å². The fourth-order valence-electron chi connectivity index (χ4n) is 1.88. The molecule has 1 fully saturated rings. The highest BCUT2D eigenvalue weighted by molar-refractivity contribution is 14.0. The molecule has 0 spiro atoms. The number of pyridine rings is 1. The van der Waals surface area contributed by atoms with Crippen LogP contribution in [0.2, 0.25) is 0 Å². The molecular weight excluding hydrogens is 391 g/mol. The summed E-state index contributed by atoms with van der Waals surface area (Å²) in [6.07, 6.45) is 6.78. The number of nitrogens with one attached hydrogen (secondary N) is 2. The van der Waals surface area contributed by atoms with Gasteiger partial charge in [0.1, 0.15) is 0 Å². The zero-order valence-corrected chi connectivity index (χ0v) is 15.8. The van der Waals surface area contributed by atoms with Gasteiger partial charge in [-0.2, -0.15) is 0 Å². The lowest BCUT2D eigenvalue weighted by Crippen LogP contribution is -2.37. The summed E-state index contributed by atoms with van der Waals surface area (Å²) in [5.74, 6) is 2.30. The second-order valence-corrected chi connectivity index (χ2v) is 5.47. The summed E-state index contributed by atoms with van der Waals surface area (Å²) in [7, 11) is 1.79. The summed E-state index contributed by atoms with van der Waals surface area (Å²) in [5.41, 5.74) is 1.12. The molecule has 0 radical (unpaired) electrons. The standard InChI is InChI=1S/C16H26N4O.HI/c1-3-4-9-18-16(17-2)20-11-14-7-8-15(19-10-14)21-12-13-5-6-13;/h7-8,10,13H,3-6,9,11-12H2,1-2H3,(H2,17,18,20);1H. The van der Waals surface area contributed by atoms with Crippen LogP contribution < -0.4 is 15.4 Å². The highest BCUT2D eigenvalue weighted by Crippen LogP contribution is 2.29. The molecule has 5 nitrogen and oxygen atoms in total. The van der Waals surface area contributed by atoms with Gasteiger partial charge in [-0.25, -0.2) is 4.98 Å². The average molecular weight is 418 g/mol. The third kappa shape index (κ3) is 7.29. The van der Waals surface area contributed by atoms with Gasteiger partial charge in [-0.3, -0.25) is 4.99 Å². The molecule has 1 aromatic heterocycles. The third-order valence-corrected chi connectivity index (χ3v) is 3.47. The molecule has 0 atom stereocenters. The second kappa shape index (κ2) is 10.6. The molecule has 0 saturated heterocycles. The predicted molar refractivity (Wildman–Crippen MR) is 101 cm³/mol. The first-order valence-corrected chi connectivity index (χ1v) is 7.84. The summed E-state index contributed by atoms with van der Waals surface area (Å²) >= 11 is 0. The molecule has 2 rings (SSSR count). The molecule has 0 bridgehead atoms. The van der Waals surface area contributed by atoms with E-state index < -0.39 is 0 Å². The summed E-state index contributed by atoms with van der Waals surface area (Å²) in [4.78, 5) is 8.53. The van der Waals surface area contributed by atoms with Gasteiger partial charge in [0.15, 0.2) is 5.96 Å². The van der Waals surface area contributed by atoms with Crippen LogP contribution in [0.15, 0.2) is 23.3 Å². The largest absolute Gasteiger partial charge is 0.477 e. The van der Waals surface area contributed by atoms with Crippen molar-refractivity contribution in [3.8, 4) is 5.88 Å². The Bertz CT molecular complexity index is 446. The maximum Gasteiger partial charge on any atom is 0.213 e. The zero-order valence-electron chi connectivity index (χ0n) is 13.5. The van der Waals surface area contributed by atoms with Gasteiger partial charge in [-0.15, -0.1) is 24.0 Å². The van der Waals surface area contributed by atoms with Crippen LogP contribution in [0, 0.1) is 5.92 Å². The molecule has 2 N–H and O–H groups in total. The van der Waals surface area contributed by atoms with Gasteiger partial charge >= 0.3 is 0 Å². The van der Waals surface area contributed by atoms with Crippen LogP contribution in [0.25, 0.3) is 0 Å². The van der Waals surface area contributed by atoms with E-state index >= 15 is 0 Å².